The number of aromatic nitrogens is 1. The standard InChI is InChI=1S/C21H27N3O3/c1-14-12-18(19(25)22-15(14)2)20(26)23-10-11-24(21(3,4)13-23)16-6-8-17(27-5)9-7-16/h6-9,12H,10-11,13H2,1-5H3,(H,22,25). The fraction of sp³-hybridized carbons (Fsp3) is 0.429. The van der Waals surface area contributed by atoms with E-state index < -0.39 is 0 Å². The van der Waals surface area contributed by atoms with Gasteiger partial charge in [-0.15, -0.1) is 0 Å². The zero-order valence-corrected chi connectivity index (χ0v) is 16.6. The van der Waals surface area contributed by atoms with Crippen LogP contribution in [0.5, 0.6) is 5.75 Å². The van der Waals surface area contributed by atoms with Gasteiger partial charge in [-0.3, -0.25) is 9.59 Å². The van der Waals surface area contributed by atoms with E-state index in [1.54, 1.807) is 18.1 Å². The van der Waals surface area contributed by atoms with Crippen LogP contribution in [0.4, 0.5) is 5.69 Å². The minimum atomic E-state index is -0.321. The van der Waals surface area contributed by atoms with E-state index in [0.717, 1.165) is 22.7 Å². The summed E-state index contributed by atoms with van der Waals surface area (Å²) in [6, 6.07) is 9.65. The third-order valence-electron chi connectivity index (χ3n) is 5.30. The molecule has 2 aromatic rings. The number of H-pyrrole nitrogens is 1. The van der Waals surface area contributed by atoms with E-state index in [4.69, 9.17) is 4.74 Å². The maximum Gasteiger partial charge on any atom is 0.261 e. The smallest absolute Gasteiger partial charge is 0.261 e. The number of hydrogen-bond acceptors (Lipinski definition) is 4. The van der Waals surface area contributed by atoms with Crippen molar-refractivity contribution in [3.8, 4) is 5.75 Å². The number of carbonyl (C=O) groups excluding carboxylic acids is 1. The first-order valence-electron chi connectivity index (χ1n) is 9.14. The predicted octanol–water partition coefficient (Wildman–Crippen LogP) is 2.74. The monoisotopic (exact) mass is 369 g/mol. The van der Waals surface area contributed by atoms with Crippen LogP contribution < -0.4 is 15.2 Å². The summed E-state index contributed by atoms with van der Waals surface area (Å²) >= 11 is 0. The minimum Gasteiger partial charge on any atom is -0.497 e. The lowest BCUT2D eigenvalue weighted by Crippen LogP contribution is -2.61. The third kappa shape index (κ3) is 3.70. The van der Waals surface area contributed by atoms with Crippen molar-refractivity contribution >= 4 is 11.6 Å². The molecule has 1 amide bonds. The lowest BCUT2D eigenvalue weighted by Gasteiger charge is -2.48. The van der Waals surface area contributed by atoms with Crippen molar-refractivity contribution in [2.75, 3.05) is 31.6 Å². The average molecular weight is 369 g/mol. The summed E-state index contributed by atoms with van der Waals surface area (Å²) in [5.41, 5.74) is 2.44. The predicted molar refractivity (Wildman–Crippen MR) is 107 cm³/mol. The second-order valence-electron chi connectivity index (χ2n) is 7.71. The molecule has 6 nitrogen and oxygen atoms in total. The van der Waals surface area contributed by atoms with Crippen molar-refractivity contribution in [2.24, 2.45) is 0 Å². The van der Waals surface area contributed by atoms with E-state index in [-0.39, 0.29) is 22.6 Å². The SMILES string of the molecule is COc1ccc(N2CCN(C(=O)c3cc(C)c(C)[nH]c3=O)CC2(C)C)cc1. The molecule has 2 heterocycles. The Morgan fingerprint density at radius 3 is 2.41 bits per heavy atom. The molecule has 1 N–H and O–H groups in total. The first kappa shape index (κ1) is 19.0. The number of amides is 1. The van der Waals surface area contributed by atoms with E-state index in [0.29, 0.717) is 19.6 Å². The van der Waals surface area contributed by atoms with Gasteiger partial charge < -0.3 is 19.5 Å². The van der Waals surface area contributed by atoms with Gasteiger partial charge in [0.15, 0.2) is 0 Å². The van der Waals surface area contributed by atoms with Crippen molar-refractivity contribution in [3.05, 3.63) is 57.5 Å². The molecule has 0 aliphatic carbocycles. The summed E-state index contributed by atoms with van der Waals surface area (Å²) in [5.74, 6) is 0.612. The molecule has 0 atom stereocenters. The highest BCUT2D eigenvalue weighted by atomic mass is 16.5. The van der Waals surface area contributed by atoms with Crippen LogP contribution in [-0.2, 0) is 0 Å². The molecule has 0 saturated carbocycles. The highest BCUT2D eigenvalue weighted by molar-refractivity contribution is 5.94. The number of hydrogen-bond donors (Lipinski definition) is 1. The molecular weight excluding hydrogens is 342 g/mol. The molecule has 1 aromatic heterocycles. The highest BCUT2D eigenvalue weighted by Crippen LogP contribution is 2.29. The number of carbonyl (C=O) groups is 1. The van der Waals surface area contributed by atoms with E-state index >= 15 is 0 Å². The Morgan fingerprint density at radius 1 is 1.15 bits per heavy atom. The Hall–Kier alpha value is -2.76. The number of methoxy groups -OCH3 is 1. The lowest BCUT2D eigenvalue weighted by atomic mass is 9.97. The third-order valence-corrected chi connectivity index (χ3v) is 5.30. The van der Waals surface area contributed by atoms with Crippen LogP contribution in [0.2, 0.25) is 0 Å². The summed E-state index contributed by atoms with van der Waals surface area (Å²) in [6.45, 7) is 9.77. The lowest BCUT2D eigenvalue weighted by molar-refractivity contribution is 0.0684. The molecule has 0 spiro atoms. The number of ether oxygens (including phenoxy) is 1. The van der Waals surface area contributed by atoms with Gasteiger partial charge in [-0.05, 0) is 63.6 Å². The Balaban J connectivity index is 1.81. The average Bonchev–Trinajstić information content (AvgIpc) is 2.63. The van der Waals surface area contributed by atoms with Crippen LogP contribution in [0.3, 0.4) is 0 Å². The molecule has 0 bridgehead atoms. The molecule has 6 heteroatoms. The Bertz CT molecular complexity index is 900. The van der Waals surface area contributed by atoms with Crippen molar-refractivity contribution in [3.63, 3.8) is 0 Å². The molecule has 0 unspecified atom stereocenters. The number of anilines is 1. The molecule has 1 saturated heterocycles. The van der Waals surface area contributed by atoms with Crippen LogP contribution in [0.25, 0.3) is 0 Å². The maximum atomic E-state index is 13.0. The second-order valence-corrected chi connectivity index (χ2v) is 7.71. The summed E-state index contributed by atoms with van der Waals surface area (Å²) in [6.07, 6.45) is 0. The molecule has 0 radical (unpaired) electrons. The number of rotatable bonds is 3. The fourth-order valence-corrected chi connectivity index (χ4v) is 3.62. The van der Waals surface area contributed by atoms with Gasteiger partial charge in [0, 0.05) is 31.0 Å². The number of pyridine rings is 1. The molecule has 3 rings (SSSR count). The second kappa shape index (κ2) is 7.10. The topological polar surface area (TPSA) is 65.6 Å². The van der Waals surface area contributed by atoms with Gasteiger partial charge in [0.25, 0.3) is 11.5 Å². The number of piperazine rings is 1. The molecule has 27 heavy (non-hydrogen) atoms. The Morgan fingerprint density at radius 2 is 1.81 bits per heavy atom. The van der Waals surface area contributed by atoms with Crippen molar-refractivity contribution in [1.82, 2.24) is 9.88 Å². The Labute approximate surface area is 159 Å². The largest absolute Gasteiger partial charge is 0.497 e. The van der Waals surface area contributed by atoms with Crippen molar-refractivity contribution in [2.45, 2.75) is 33.2 Å². The zero-order valence-electron chi connectivity index (χ0n) is 16.6. The summed E-state index contributed by atoms with van der Waals surface area (Å²) in [7, 11) is 1.65. The first-order chi connectivity index (χ1) is 12.7. The normalized spacial score (nSPS) is 16.3. The molecule has 1 aliphatic rings. The number of aryl methyl sites for hydroxylation is 2. The van der Waals surface area contributed by atoms with Gasteiger partial charge in [0.2, 0.25) is 0 Å². The molecule has 1 aromatic carbocycles. The van der Waals surface area contributed by atoms with Gasteiger partial charge in [-0.25, -0.2) is 0 Å². The minimum absolute atomic E-state index is 0.207. The van der Waals surface area contributed by atoms with Crippen LogP contribution in [-0.4, -0.2) is 48.1 Å². The number of aromatic amines is 1. The number of nitrogens with zero attached hydrogens (tertiary/aromatic N) is 2. The van der Waals surface area contributed by atoms with Crippen molar-refractivity contribution < 1.29 is 9.53 Å². The van der Waals surface area contributed by atoms with Gasteiger partial charge in [-0.1, -0.05) is 0 Å². The summed E-state index contributed by atoms with van der Waals surface area (Å²) in [5, 5.41) is 0. The molecular formula is C21H27N3O3. The molecule has 1 fully saturated rings. The van der Waals surface area contributed by atoms with Crippen molar-refractivity contribution in [1.29, 1.82) is 0 Å². The molecule has 1 aliphatic heterocycles. The zero-order chi connectivity index (χ0) is 19.8. The fourth-order valence-electron chi connectivity index (χ4n) is 3.62. The molecule has 144 valence electrons. The van der Waals surface area contributed by atoms with Crippen LogP contribution in [0.1, 0.15) is 35.5 Å². The van der Waals surface area contributed by atoms with Crippen LogP contribution in [0.15, 0.2) is 35.1 Å². The van der Waals surface area contributed by atoms with Crippen LogP contribution >= 0.6 is 0 Å². The van der Waals surface area contributed by atoms with Gasteiger partial charge in [0.1, 0.15) is 11.3 Å². The maximum absolute atomic E-state index is 13.0. The van der Waals surface area contributed by atoms with Gasteiger partial charge >= 0.3 is 0 Å². The quantitative estimate of drug-likeness (QED) is 0.903. The van der Waals surface area contributed by atoms with Gasteiger partial charge in [-0.2, -0.15) is 0 Å². The van der Waals surface area contributed by atoms with Gasteiger partial charge in [0.05, 0.1) is 12.6 Å². The van der Waals surface area contributed by atoms with E-state index in [9.17, 15) is 9.59 Å². The summed E-state index contributed by atoms with van der Waals surface area (Å²) < 4.78 is 5.23. The van der Waals surface area contributed by atoms with E-state index in [1.165, 1.54) is 0 Å². The number of nitrogens with one attached hydrogen (secondary N) is 1. The van der Waals surface area contributed by atoms with Crippen LogP contribution in [0, 0.1) is 13.8 Å². The first-order valence-corrected chi connectivity index (χ1v) is 9.14. The number of benzene rings is 1. The highest BCUT2D eigenvalue weighted by Gasteiger charge is 2.36. The van der Waals surface area contributed by atoms with E-state index in [2.05, 4.69) is 23.7 Å². The summed E-state index contributed by atoms with van der Waals surface area (Å²) in [4.78, 5) is 32.1. The Kier molecular flexibility index (Phi) is 5.00. The van der Waals surface area contributed by atoms with E-state index in [1.807, 2.05) is 38.1 Å².